The van der Waals surface area contributed by atoms with Gasteiger partial charge < -0.3 is 9.64 Å². The molecule has 1 saturated heterocycles. The molecule has 156 valence electrons. The maximum Gasteiger partial charge on any atom is 0.435 e. The Hall–Kier alpha value is -1.53. The molecule has 1 unspecified atom stereocenters. The highest BCUT2D eigenvalue weighted by Gasteiger charge is 2.42. The number of amides is 1. The predicted octanol–water partition coefficient (Wildman–Crippen LogP) is 3.57. The van der Waals surface area contributed by atoms with Crippen LogP contribution in [-0.2, 0) is 28.7 Å². The van der Waals surface area contributed by atoms with Crippen LogP contribution >= 0.6 is 22.9 Å². The highest BCUT2D eigenvalue weighted by molar-refractivity contribution is 7.16. The average molecular weight is 447 g/mol. The van der Waals surface area contributed by atoms with Gasteiger partial charge in [-0.3, -0.25) is 4.79 Å². The number of rotatable bonds is 7. The van der Waals surface area contributed by atoms with Gasteiger partial charge >= 0.3 is 11.6 Å². The molecule has 6 nitrogen and oxygen atoms in total. The molecule has 0 N–H and O–H groups in total. The lowest BCUT2D eigenvalue weighted by atomic mass is 10.1. The second-order valence-corrected chi connectivity index (χ2v) is 8.10. The Labute approximate surface area is 165 Å². The Morgan fingerprint density at radius 3 is 2.64 bits per heavy atom. The summed E-state index contributed by atoms with van der Waals surface area (Å²) < 4.78 is 72.2. The zero-order valence-corrected chi connectivity index (χ0v) is 16.2. The number of alkyl halides is 6. The van der Waals surface area contributed by atoms with Crippen LogP contribution in [0, 0.1) is 5.92 Å². The van der Waals surface area contributed by atoms with Gasteiger partial charge in [-0.05, 0) is 17.5 Å². The molecule has 0 bridgehead atoms. The summed E-state index contributed by atoms with van der Waals surface area (Å²) in [7, 11) is 1.49. The van der Waals surface area contributed by atoms with Crippen molar-refractivity contribution in [1.29, 1.82) is 0 Å². The number of ether oxygens (including phenoxy) is 1. The van der Waals surface area contributed by atoms with E-state index in [0.29, 0.717) is 18.0 Å². The molecule has 13 heteroatoms. The maximum atomic E-state index is 13.4. The van der Waals surface area contributed by atoms with E-state index in [0.717, 1.165) is 20.8 Å². The van der Waals surface area contributed by atoms with Gasteiger partial charge in [-0.1, -0.05) is 11.3 Å². The largest absolute Gasteiger partial charge is 0.435 e. The lowest BCUT2D eigenvalue weighted by molar-refractivity contribution is -0.142. The number of aromatic nitrogens is 3. The first kappa shape index (κ1) is 21.2. The van der Waals surface area contributed by atoms with Crippen LogP contribution in [0.4, 0.5) is 22.0 Å². The molecule has 1 amide bonds. The van der Waals surface area contributed by atoms with E-state index >= 15 is 0 Å². The summed E-state index contributed by atoms with van der Waals surface area (Å²) in [6.07, 6.45) is -5.24. The fraction of sp³-hybridized carbons (Fsp3) is 0.667. The van der Waals surface area contributed by atoms with Crippen molar-refractivity contribution in [2.45, 2.75) is 37.4 Å². The molecule has 3 heterocycles. The summed E-state index contributed by atoms with van der Waals surface area (Å²) in [5, 5.41) is 1.21. The molecule has 0 saturated carbocycles. The van der Waals surface area contributed by atoms with E-state index in [1.165, 1.54) is 7.11 Å². The van der Waals surface area contributed by atoms with Gasteiger partial charge in [0.15, 0.2) is 5.69 Å². The first-order valence-electron chi connectivity index (χ1n) is 8.26. The molecule has 1 atom stereocenters. The molecule has 1 fully saturated rings. The number of nitrogens with zero attached hydrogens (tertiary/aromatic N) is 4. The third kappa shape index (κ3) is 4.71. The fourth-order valence-electron chi connectivity index (χ4n) is 3.14. The molecule has 0 radical (unpaired) electrons. The number of imidazole rings is 1. The van der Waals surface area contributed by atoms with Crippen LogP contribution < -0.4 is 0 Å². The van der Waals surface area contributed by atoms with Crippen molar-refractivity contribution in [3.63, 3.8) is 0 Å². The van der Waals surface area contributed by atoms with Crippen LogP contribution in [0.1, 0.15) is 29.2 Å². The van der Waals surface area contributed by atoms with Crippen LogP contribution in [-0.4, -0.2) is 51.0 Å². The highest BCUT2D eigenvalue weighted by Crippen LogP contribution is 2.36. The smallest absolute Gasteiger partial charge is 0.384 e. The number of carbonyl (C=O) groups excluding carboxylic acids is 1. The van der Waals surface area contributed by atoms with Gasteiger partial charge in [-0.15, -0.1) is 0 Å². The Kier molecular flexibility index (Phi) is 5.84. The number of methoxy groups -OCH3 is 1. The van der Waals surface area contributed by atoms with Crippen molar-refractivity contribution in [1.82, 2.24) is 19.5 Å². The normalized spacial score (nSPS) is 18.6. The topological polar surface area (TPSA) is 59.7 Å². The second-order valence-electron chi connectivity index (χ2n) is 6.50. The molecule has 0 aromatic carbocycles. The summed E-state index contributed by atoms with van der Waals surface area (Å²) in [4.78, 5) is 16.9. The van der Waals surface area contributed by atoms with Crippen molar-refractivity contribution in [3.05, 3.63) is 16.4 Å². The Morgan fingerprint density at radius 1 is 1.32 bits per heavy atom. The molecule has 1 aliphatic heterocycles. The Morgan fingerprint density at radius 2 is 2.04 bits per heavy atom. The number of halogens is 6. The standard InChI is InChI=1S/C15H16ClF5N4O2S/c1-27-3-2-10-23-25-9(12(15(19,20)21)22-13(25)28-10)7-24-6-8(4-11(24)26)5-14(16,17)18/h8H,2-7H2,1H3. The first-order chi connectivity index (χ1) is 13.0. The van der Waals surface area contributed by atoms with Crippen LogP contribution in [0.25, 0.3) is 4.96 Å². The first-order valence-corrected chi connectivity index (χ1v) is 9.45. The van der Waals surface area contributed by atoms with E-state index < -0.39 is 42.0 Å². The number of fused-ring (bicyclic) bond motifs is 1. The maximum absolute atomic E-state index is 13.4. The van der Waals surface area contributed by atoms with Crippen LogP contribution in [0.3, 0.4) is 0 Å². The van der Waals surface area contributed by atoms with E-state index in [9.17, 15) is 26.7 Å². The molecule has 1 aliphatic rings. The molecule has 2 aromatic rings. The Bertz CT molecular complexity index is 863. The van der Waals surface area contributed by atoms with Gasteiger partial charge in [0.25, 0.3) is 0 Å². The second kappa shape index (κ2) is 7.71. The van der Waals surface area contributed by atoms with Crippen LogP contribution in [0.15, 0.2) is 0 Å². The lowest BCUT2D eigenvalue weighted by Crippen LogP contribution is -2.27. The molecule has 0 aliphatic carbocycles. The summed E-state index contributed by atoms with van der Waals surface area (Å²) in [6, 6.07) is 0. The molecule has 3 rings (SSSR count). The van der Waals surface area contributed by atoms with Crippen LogP contribution in [0.5, 0.6) is 0 Å². The van der Waals surface area contributed by atoms with E-state index in [1.54, 1.807) is 0 Å². The van der Waals surface area contributed by atoms with Crippen molar-refractivity contribution in [2.24, 2.45) is 5.92 Å². The van der Waals surface area contributed by atoms with E-state index in [1.807, 2.05) is 0 Å². The molecule has 2 aromatic heterocycles. The summed E-state index contributed by atoms with van der Waals surface area (Å²) >= 11 is 5.91. The Balaban J connectivity index is 1.88. The van der Waals surface area contributed by atoms with Crippen molar-refractivity contribution in [3.8, 4) is 0 Å². The number of hydrogen-bond donors (Lipinski definition) is 0. The third-order valence-electron chi connectivity index (χ3n) is 4.28. The SMILES string of the molecule is COCCc1nn2c(CN3CC(CC(F)(F)Cl)CC3=O)c(C(F)(F)F)nc2s1. The minimum Gasteiger partial charge on any atom is -0.384 e. The number of hydrogen-bond acceptors (Lipinski definition) is 5. The third-order valence-corrected chi connectivity index (χ3v) is 5.40. The molecular formula is C15H16ClF5N4O2S. The van der Waals surface area contributed by atoms with Crippen molar-refractivity contribution in [2.75, 3.05) is 20.3 Å². The zero-order valence-electron chi connectivity index (χ0n) is 14.6. The van der Waals surface area contributed by atoms with E-state index in [4.69, 9.17) is 16.3 Å². The molecular weight excluding hydrogens is 431 g/mol. The van der Waals surface area contributed by atoms with Crippen molar-refractivity contribution < 1.29 is 31.5 Å². The molecule has 0 spiro atoms. The fourth-order valence-corrected chi connectivity index (χ4v) is 4.25. The minimum absolute atomic E-state index is 0.0453. The van der Waals surface area contributed by atoms with Gasteiger partial charge in [0.05, 0.1) is 18.8 Å². The summed E-state index contributed by atoms with van der Waals surface area (Å²) in [5.41, 5.74) is -1.43. The quantitative estimate of drug-likeness (QED) is 0.482. The highest BCUT2D eigenvalue weighted by atomic mass is 35.5. The van der Waals surface area contributed by atoms with Crippen molar-refractivity contribution >= 4 is 33.8 Å². The lowest BCUT2D eigenvalue weighted by Gasteiger charge is -2.18. The summed E-state index contributed by atoms with van der Waals surface area (Å²) in [5.74, 6) is -1.24. The van der Waals surface area contributed by atoms with Gasteiger partial charge in [0, 0.05) is 32.9 Å². The average Bonchev–Trinajstić information content (AvgIpc) is 3.18. The van der Waals surface area contributed by atoms with E-state index in [2.05, 4.69) is 10.1 Å². The summed E-state index contributed by atoms with van der Waals surface area (Å²) in [6.45, 7) is -0.184. The predicted molar refractivity (Wildman–Crippen MR) is 90.4 cm³/mol. The zero-order chi connectivity index (χ0) is 20.7. The van der Waals surface area contributed by atoms with E-state index in [-0.39, 0.29) is 23.6 Å². The van der Waals surface area contributed by atoms with Gasteiger partial charge in [-0.2, -0.15) is 27.1 Å². The van der Waals surface area contributed by atoms with Crippen LogP contribution in [0.2, 0.25) is 0 Å². The van der Waals surface area contributed by atoms with Gasteiger partial charge in [-0.25, -0.2) is 9.50 Å². The van der Waals surface area contributed by atoms with Gasteiger partial charge in [0.2, 0.25) is 10.9 Å². The minimum atomic E-state index is -4.74. The van der Waals surface area contributed by atoms with Gasteiger partial charge in [0.1, 0.15) is 5.01 Å². The number of likely N-dealkylation sites (tertiary alicyclic amines) is 1. The number of carbonyl (C=O) groups is 1. The molecule has 28 heavy (non-hydrogen) atoms. The monoisotopic (exact) mass is 446 g/mol.